The number of carbonyl (C=O) groups is 2. The van der Waals surface area contributed by atoms with Gasteiger partial charge in [0.1, 0.15) is 5.75 Å². The molecule has 0 N–H and O–H groups in total. The van der Waals surface area contributed by atoms with E-state index in [1.54, 1.807) is 19.1 Å². The van der Waals surface area contributed by atoms with Gasteiger partial charge in [-0.15, -0.1) is 5.76 Å². The quantitative estimate of drug-likeness (QED) is 0.120. The van der Waals surface area contributed by atoms with Crippen molar-refractivity contribution in [1.29, 1.82) is 0 Å². The molecule has 5 nitrogen and oxygen atoms in total. The molecular formula is C14H15NaO5. The van der Waals surface area contributed by atoms with Crippen molar-refractivity contribution in [1.82, 2.24) is 0 Å². The molecule has 0 radical (unpaired) electrons. The van der Waals surface area contributed by atoms with E-state index in [4.69, 9.17) is 9.47 Å². The standard InChI is InChI=1S/C14H16O5.Na/c1-4-19-14(17)12(9(2)15)13(16)10-5-7-11(18-3)8-6-10;/h5-8,15H,4H2,1-3H3;/q;+1/p-1/b12-9-;. The Morgan fingerprint density at radius 1 is 1.20 bits per heavy atom. The monoisotopic (exact) mass is 286 g/mol. The molecule has 0 fully saturated rings. The van der Waals surface area contributed by atoms with E-state index >= 15 is 0 Å². The van der Waals surface area contributed by atoms with Gasteiger partial charge in [-0.05, 0) is 31.2 Å². The van der Waals surface area contributed by atoms with E-state index in [9.17, 15) is 14.7 Å². The maximum Gasteiger partial charge on any atom is 1.00 e. The Balaban J connectivity index is 0.00000361. The van der Waals surface area contributed by atoms with Crippen LogP contribution in [-0.4, -0.2) is 25.5 Å². The van der Waals surface area contributed by atoms with Crippen LogP contribution in [0.4, 0.5) is 0 Å². The van der Waals surface area contributed by atoms with Crippen LogP contribution in [0.3, 0.4) is 0 Å². The summed E-state index contributed by atoms with van der Waals surface area (Å²) in [5.41, 5.74) is -0.230. The maximum absolute atomic E-state index is 12.1. The molecule has 6 heteroatoms. The summed E-state index contributed by atoms with van der Waals surface area (Å²) in [6.45, 7) is 2.87. The van der Waals surface area contributed by atoms with Crippen LogP contribution in [0.5, 0.6) is 5.75 Å². The second-order valence-corrected chi connectivity index (χ2v) is 3.71. The third-order valence-corrected chi connectivity index (χ3v) is 2.41. The Hall–Kier alpha value is -1.30. The van der Waals surface area contributed by atoms with Crippen LogP contribution < -0.4 is 39.4 Å². The Morgan fingerprint density at radius 2 is 1.75 bits per heavy atom. The number of allylic oxidation sites excluding steroid dienone is 1. The summed E-state index contributed by atoms with van der Waals surface area (Å²) in [4.78, 5) is 23.7. The van der Waals surface area contributed by atoms with Crippen molar-refractivity contribution in [3.8, 4) is 5.75 Å². The first-order valence-corrected chi connectivity index (χ1v) is 5.75. The van der Waals surface area contributed by atoms with Crippen LogP contribution in [0, 0.1) is 0 Å². The predicted octanol–water partition coefficient (Wildman–Crippen LogP) is -1.92. The molecule has 0 aliphatic heterocycles. The fourth-order valence-electron chi connectivity index (χ4n) is 1.49. The van der Waals surface area contributed by atoms with Crippen molar-refractivity contribution in [2.75, 3.05) is 13.7 Å². The van der Waals surface area contributed by atoms with Gasteiger partial charge >= 0.3 is 35.5 Å². The minimum absolute atomic E-state index is 0. The summed E-state index contributed by atoms with van der Waals surface area (Å²) in [7, 11) is 1.50. The third-order valence-electron chi connectivity index (χ3n) is 2.41. The number of Topliss-reactive ketones (excluding diaryl/α,β-unsaturated/α-hetero) is 1. The van der Waals surface area contributed by atoms with E-state index in [2.05, 4.69) is 0 Å². The van der Waals surface area contributed by atoms with E-state index in [1.807, 2.05) is 0 Å². The Kier molecular flexibility index (Phi) is 8.22. The van der Waals surface area contributed by atoms with Gasteiger partial charge in [-0.2, -0.15) is 0 Å². The molecule has 102 valence electrons. The maximum atomic E-state index is 12.1. The van der Waals surface area contributed by atoms with Crippen LogP contribution in [0.1, 0.15) is 24.2 Å². The van der Waals surface area contributed by atoms with Crippen molar-refractivity contribution in [3.05, 3.63) is 41.2 Å². The summed E-state index contributed by atoms with van der Waals surface area (Å²) in [6, 6.07) is 6.14. The fourth-order valence-corrected chi connectivity index (χ4v) is 1.49. The van der Waals surface area contributed by atoms with E-state index in [0.717, 1.165) is 6.92 Å². The first kappa shape index (κ1) is 18.7. The van der Waals surface area contributed by atoms with Crippen LogP contribution >= 0.6 is 0 Å². The summed E-state index contributed by atoms with van der Waals surface area (Å²) in [5.74, 6) is -1.57. The summed E-state index contributed by atoms with van der Waals surface area (Å²) < 4.78 is 9.68. The molecule has 0 saturated heterocycles. The van der Waals surface area contributed by atoms with Crippen LogP contribution in [0.25, 0.3) is 0 Å². The zero-order valence-corrected chi connectivity index (χ0v) is 14.1. The van der Waals surface area contributed by atoms with E-state index in [-0.39, 0.29) is 41.7 Å². The molecular weight excluding hydrogens is 271 g/mol. The first-order chi connectivity index (χ1) is 9.01. The summed E-state index contributed by atoms with van der Waals surface area (Å²) in [5, 5.41) is 11.4. The molecule has 0 atom stereocenters. The van der Waals surface area contributed by atoms with Crippen molar-refractivity contribution in [2.45, 2.75) is 13.8 Å². The van der Waals surface area contributed by atoms with E-state index < -0.39 is 23.1 Å². The van der Waals surface area contributed by atoms with Gasteiger partial charge in [0.15, 0.2) is 5.78 Å². The molecule has 0 aliphatic rings. The van der Waals surface area contributed by atoms with Crippen molar-refractivity contribution in [2.24, 2.45) is 0 Å². The van der Waals surface area contributed by atoms with Crippen molar-refractivity contribution in [3.63, 3.8) is 0 Å². The Morgan fingerprint density at radius 3 is 2.15 bits per heavy atom. The van der Waals surface area contributed by atoms with Gasteiger partial charge in [-0.1, -0.05) is 6.92 Å². The number of esters is 1. The van der Waals surface area contributed by atoms with Gasteiger partial charge in [-0.25, -0.2) is 4.79 Å². The van der Waals surface area contributed by atoms with Gasteiger partial charge < -0.3 is 14.6 Å². The van der Waals surface area contributed by atoms with Gasteiger partial charge in [0.2, 0.25) is 0 Å². The molecule has 0 spiro atoms. The number of benzene rings is 1. The third kappa shape index (κ3) is 4.67. The molecule has 0 saturated carbocycles. The van der Waals surface area contributed by atoms with Crippen molar-refractivity contribution < 1.29 is 53.7 Å². The van der Waals surface area contributed by atoms with Crippen LogP contribution in [0.15, 0.2) is 35.6 Å². The number of methoxy groups -OCH3 is 1. The molecule has 0 aromatic heterocycles. The van der Waals surface area contributed by atoms with E-state index in [0.29, 0.717) is 5.75 Å². The molecule has 0 aliphatic carbocycles. The van der Waals surface area contributed by atoms with Gasteiger partial charge in [0.05, 0.1) is 19.3 Å². The Labute approximate surface area is 139 Å². The molecule has 1 aromatic carbocycles. The molecule has 0 amide bonds. The predicted molar refractivity (Wildman–Crippen MR) is 66.7 cm³/mol. The van der Waals surface area contributed by atoms with Crippen LogP contribution in [-0.2, 0) is 9.53 Å². The zero-order chi connectivity index (χ0) is 14.4. The number of carbonyl (C=O) groups excluding carboxylic acids is 2. The Bertz CT molecular complexity index is 501. The molecule has 20 heavy (non-hydrogen) atoms. The average molecular weight is 286 g/mol. The normalized spacial score (nSPS) is 10.9. The summed E-state index contributed by atoms with van der Waals surface area (Å²) in [6.07, 6.45) is 0. The smallest absolute Gasteiger partial charge is 0.875 e. The van der Waals surface area contributed by atoms with Gasteiger partial charge in [0, 0.05) is 5.56 Å². The second-order valence-electron chi connectivity index (χ2n) is 3.71. The minimum atomic E-state index is -0.893. The fraction of sp³-hybridized carbons (Fsp3) is 0.286. The second kappa shape index (κ2) is 8.79. The number of ketones is 1. The molecule has 0 unspecified atom stereocenters. The molecule has 1 aromatic rings. The van der Waals surface area contributed by atoms with Crippen LogP contribution in [0.2, 0.25) is 0 Å². The number of ether oxygens (including phenoxy) is 2. The number of rotatable bonds is 5. The topological polar surface area (TPSA) is 75.7 Å². The average Bonchev–Trinajstić information content (AvgIpc) is 2.38. The summed E-state index contributed by atoms with van der Waals surface area (Å²) >= 11 is 0. The van der Waals surface area contributed by atoms with Gasteiger partial charge in [0.25, 0.3) is 0 Å². The minimum Gasteiger partial charge on any atom is -0.875 e. The zero-order valence-electron chi connectivity index (χ0n) is 12.1. The molecule has 0 heterocycles. The molecule has 0 bridgehead atoms. The van der Waals surface area contributed by atoms with Crippen molar-refractivity contribution >= 4 is 11.8 Å². The van der Waals surface area contributed by atoms with E-state index in [1.165, 1.54) is 19.2 Å². The largest absolute Gasteiger partial charge is 1.00 e. The van der Waals surface area contributed by atoms with Gasteiger partial charge in [-0.3, -0.25) is 4.79 Å². The number of hydrogen-bond donors (Lipinski definition) is 0. The SMILES string of the molecule is CCOC(=O)/C(C(=O)c1ccc(OC)cc1)=C(/C)[O-].[Na+]. The molecule has 1 rings (SSSR count). The first-order valence-electron chi connectivity index (χ1n) is 5.75. The number of hydrogen-bond acceptors (Lipinski definition) is 5.